The number of hydrogen-bond acceptors (Lipinski definition) is 1. The van der Waals surface area contributed by atoms with Crippen LogP contribution in [0.15, 0.2) is 0 Å². The van der Waals surface area contributed by atoms with Gasteiger partial charge in [0.25, 0.3) is 0 Å². The van der Waals surface area contributed by atoms with Crippen molar-refractivity contribution >= 4 is 5.78 Å². The summed E-state index contributed by atoms with van der Waals surface area (Å²) in [4.78, 5) is 11.3. The van der Waals surface area contributed by atoms with Gasteiger partial charge in [0, 0.05) is 12.8 Å². The number of rotatable bonds is 2. The van der Waals surface area contributed by atoms with E-state index >= 15 is 0 Å². The topological polar surface area (TPSA) is 17.1 Å². The van der Waals surface area contributed by atoms with Crippen LogP contribution in [0.5, 0.6) is 0 Å². The van der Waals surface area contributed by atoms with Crippen molar-refractivity contribution < 1.29 is 4.79 Å². The molecule has 0 radical (unpaired) electrons. The molecule has 2 unspecified atom stereocenters. The minimum atomic E-state index is 0.525. The molecule has 2 rings (SSSR count). The van der Waals surface area contributed by atoms with Crippen LogP contribution in [0.2, 0.25) is 0 Å². The van der Waals surface area contributed by atoms with Gasteiger partial charge < -0.3 is 0 Å². The molecular formula is C11H18O. The molecule has 0 aromatic heterocycles. The first kappa shape index (κ1) is 8.28. The molecule has 0 N–H and O–H groups in total. The van der Waals surface area contributed by atoms with E-state index in [1.54, 1.807) is 0 Å². The van der Waals surface area contributed by atoms with E-state index in [4.69, 9.17) is 0 Å². The molecular weight excluding hydrogens is 148 g/mol. The van der Waals surface area contributed by atoms with Gasteiger partial charge in [0.2, 0.25) is 0 Å². The Labute approximate surface area is 74.5 Å². The lowest BCUT2D eigenvalue weighted by molar-refractivity contribution is -0.123. The van der Waals surface area contributed by atoms with E-state index in [2.05, 4.69) is 6.92 Å². The van der Waals surface area contributed by atoms with Gasteiger partial charge in [-0.1, -0.05) is 13.3 Å². The number of Topliss-reactive ketones (excluding diaryl/α,β-unsaturated/α-hetero) is 1. The third kappa shape index (κ3) is 1.55. The Kier molecular flexibility index (Phi) is 2.20. The summed E-state index contributed by atoms with van der Waals surface area (Å²) < 4.78 is 0. The van der Waals surface area contributed by atoms with Crippen molar-refractivity contribution in [2.75, 3.05) is 0 Å². The second-order valence-electron chi connectivity index (χ2n) is 4.45. The minimum absolute atomic E-state index is 0.525. The fourth-order valence-corrected chi connectivity index (χ4v) is 2.67. The molecule has 0 heterocycles. The Morgan fingerprint density at radius 1 is 1.33 bits per heavy atom. The predicted molar refractivity (Wildman–Crippen MR) is 48.9 cm³/mol. The number of carbonyl (C=O) groups excluding carboxylic acids is 1. The Bertz CT molecular complexity index is 181. The molecule has 2 aliphatic carbocycles. The van der Waals surface area contributed by atoms with Crippen LogP contribution in [0, 0.1) is 17.8 Å². The average molecular weight is 166 g/mol. The summed E-state index contributed by atoms with van der Waals surface area (Å²) in [7, 11) is 0. The van der Waals surface area contributed by atoms with Crippen molar-refractivity contribution in [1.29, 1.82) is 0 Å². The first-order chi connectivity index (χ1) is 5.81. The lowest BCUT2D eigenvalue weighted by Crippen LogP contribution is -2.25. The molecule has 0 aromatic rings. The lowest BCUT2D eigenvalue weighted by Gasteiger charge is -2.29. The molecule has 12 heavy (non-hydrogen) atoms. The van der Waals surface area contributed by atoms with E-state index in [1.165, 1.54) is 25.7 Å². The zero-order chi connectivity index (χ0) is 8.55. The summed E-state index contributed by atoms with van der Waals surface area (Å²) in [6.45, 7) is 2.27. The Morgan fingerprint density at radius 3 is 2.67 bits per heavy atom. The minimum Gasteiger partial charge on any atom is -0.300 e. The van der Waals surface area contributed by atoms with E-state index in [0.717, 1.165) is 30.6 Å². The number of hydrogen-bond donors (Lipinski definition) is 0. The monoisotopic (exact) mass is 166 g/mol. The van der Waals surface area contributed by atoms with Crippen molar-refractivity contribution in [2.45, 2.75) is 45.4 Å². The summed E-state index contributed by atoms with van der Waals surface area (Å²) >= 11 is 0. The molecule has 2 saturated carbocycles. The van der Waals surface area contributed by atoms with Crippen molar-refractivity contribution in [2.24, 2.45) is 17.8 Å². The fourth-order valence-electron chi connectivity index (χ4n) is 2.67. The maximum absolute atomic E-state index is 11.3. The highest BCUT2D eigenvalue weighted by molar-refractivity contribution is 5.79. The molecule has 1 nitrogen and oxygen atoms in total. The molecule has 2 fully saturated rings. The SMILES string of the molecule is CCC1CCC(=O)CC1C1CC1. The summed E-state index contributed by atoms with van der Waals surface area (Å²) in [6, 6.07) is 0. The molecule has 0 amide bonds. The quantitative estimate of drug-likeness (QED) is 0.616. The maximum Gasteiger partial charge on any atom is 0.133 e. The summed E-state index contributed by atoms with van der Waals surface area (Å²) in [5.41, 5.74) is 0. The summed E-state index contributed by atoms with van der Waals surface area (Å²) in [5, 5.41) is 0. The van der Waals surface area contributed by atoms with Crippen molar-refractivity contribution in [3.8, 4) is 0 Å². The van der Waals surface area contributed by atoms with Gasteiger partial charge in [-0.15, -0.1) is 0 Å². The zero-order valence-electron chi connectivity index (χ0n) is 7.88. The largest absolute Gasteiger partial charge is 0.300 e. The van der Waals surface area contributed by atoms with Crippen molar-refractivity contribution in [1.82, 2.24) is 0 Å². The normalized spacial score (nSPS) is 36.9. The molecule has 0 bridgehead atoms. The van der Waals surface area contributed by atoms with E-state index < -0.39 is 0 Å². The Morgan fingerprint density at radius 2 is 2.08 bits per heavy atom. The smallest absolute Gasteiger partial charge is 0.133 e. The van der Waals surface area contributed by atoms with Crippen LogP contribution in [0.3, 0.4) is 0 Å². The highest BCUT2D eigenvalue weighted by atomic mass is 16.1. The van der Waals surface area contributed by atoms with E-state index in [1.807, 2.05) is 0 Å². The molecule has 2 aliphatic rings. The van der Waals surface area contributed by atoms with Gasteiger partial charge in [-0.3, -0.25) is 4.79 Å². The van der Waals surface area contributed by atoms with Gasteiger partial charge in [0.05, 0.1) is 0 Å². The molecule has 1 heteroatoms. The van der Waals surface area contributed by atoms with Crippen LogP contribution in [-0.2, 0) is 4.79 Å². The van der Waals surface area contributed by atoms with Crippen LogP contribution in [0.4, 0.5) is 0 Å². The first-order valence-electron chi connectivity index (χ1n) is 5.33. The highest BCUT2D eigenvalue weighted by Gasteiger charge is 2.38. The lowest BCUT2D eigenvalue weighted by atomic mass is 9.75. The van der Waals surface area contributed by atoms with Crippen LogP contribution in [-0.4, -0.2) is 5.78 Å². The second-order valence-corrected chi connectivity index (χ2v) is 4.45. The number of carbonyl (C=O) groups is 1. The maximum atomic E-state index is 11.3. The molecule has 0 aliphatic heterocycles. The molecule has 68 valence electrons. The van der Waals surface area contributed by atoms with Crippen LogP contribution in [0.1, 0.15) is 45.4 Å². The predicted octanol–water partition coefficient (Wildman–Crippen LogP) is 2.79. The Hall–Kier alpha value is -0.330. The van der Waals surface area contributed by atoms with E-state index in [9.17, 15) is 4.79 Å². The van der Waals surface area contributed by atoms with E-state index in [-0.39, 0.29) is 0 Å². The fraction of sp³-hybridized carbons (Fsp3) is 0.909. The second kappa shape index (κ2) is 3.20. The average Bonchev–Trinajstić information content (AvgIpc) is 2.87. The standard InChI is InChI=1S/C11H18O/c1-2-8-5-6-10(12)7-11(8)9-3-4-9/h8-9,11H,2-7H2,1H3. The van der Waals surface area contributed by atoms with Gasteiger partial charge >= 0.3 is 0 Å². The number of ketones is 1. The molecule has 0 saturated heterocycles. The van der Waals surface area contributed by atoms with E-state index in [0.29, 0.717) is 5.78 Å². The highest BCUT2D eigenvalue weighted by Crippen LogP contribution is 2.46. The van der Waals surface area contributed by atoms with Crippen molar-refractivity contribution in [3.05, 3.63) is 0 Å². The zero-order valence-corrected chi connectivity index (χ0v) is 7.88. The summed E-state index contributed by atoms with van der Waals surface area (Å²) in [5.74, 6) is 3.10. The molecule has 2 atom stereocenters. The van der Waals surface area contributed by atoms with Crippen LogP contribution in [0.25, 0.3) is 0 Å². The molecule has 0 spiro atoms. The molecule has 0 aromatic carbocycles. The van der Waals surface area contributed by atoms with Crippen LogP contribution < -0.4 is 0 Å². The third-order valence-corrected chi connectivity index (χ3v) is 3.61. The van der Waals surface area contributed by atoms with Crippen LogP contribution >= 0.6 is 0 Å². The summed E-state index contributed by atoms with van der Waals surface area (Å²) in [6.07, 6.45) is 7.03. The van der Waals surface area contributed by atoms with Crippen molar-refractivity contribution in [3.63, 3.8) is 0 Å². The van der Waals surface area contributed by atoms with Gasteiger partial charge in [-0.05, 0) is 37.0 Å². The Balaban J connectivity index is 1.98. The van der Waals surface area contributed by atoms with Gasteiger partial charge in [0.1, 0.15) is 5.78 Å². The van der Waals surface area contributed by atoms with Gasteiger partial charge in [-0.25, -0.2) is 0 Å². The first-order valence-corrected chi connectivity index (χ1v) is 5.33. The third-order valence-electron chi connectivity index (χ3n) is 3.61. The van der Waals surface area contributed by atoms with Gasteiger partial charge in [0.15, 0.2) is 0 Å². The van der Waals surface area contributed by atoms with Gasteiger partial charge in [-0.2, -0.15) is 0 Å².